The Labute approximate surface area is 143 Å². The first-order valence-electron chi connectivity index (χ1n) is 8.89. The number of hydrogen-bond donors (Lipinski definition) is 1. The van der Waals surface area contributed by atoms with E-state index < -0.39 is 5.41 Å². The summed E-state index contributed by atoms with van der Waals surface area (Å²) in [6.07, 6.45) is 4.68. The summed E-state index contributed by atoms with van der Waals surface area (Å²) in [7, 11) is 0. The van der Waals surface area contributed by atoms with Crippen molar-refractivity contribution in [3.05, 3.63) is 24.3 Å². The van der Waals surface area contributed by atoms with Crippen LogP contribution in [-0.4, -0.2) is 35.9 Å². The van der Waals surface area contributed by atoms with Gasteiger partial charge in [0.2, 0.25) is 11.8 Å². The number of amides is 2. The molecule has 0 radical (unpaired) electrons. The van der Waals surface area contributed by atoms with Gasteiger partial charge in [-0.25, -0.2) is 0 Å². The summed E-state index contributed by atoms with van der Waals surface area (Å²) in [6.45, 7) is 5.52. The van der Waals surface area contributed by atoms with Gasteiger partial charge in [0.1, 0.15) is 11.2 Å². The number of carbonyl (C=O) groups excluding carboxylic acids is 2. The number of benzene rings is 1. The van der Waals surface area contributed by atoms with Gasteiger partial charge in [0.15, 0.2) is 0 Å². The summed E-state index contributed by atoms with van der Waals surface area (Å²) in [5.74, 6) is 0.614. The van der Waals surface area contributed by atoms with Crippen LogP contribution in [0.25, 0.3) is 0 Å². The molecule has 0 aromatic heterocycles. The van der Waals surface area contributed by atoms with Crippen LogP contribution in [-0.2, 0) is 9.59 Å². The average Bonchev–Trinajstić information content (AvgIpc) is 3.38. The molecule has 1 aliphatic carbocycles. The average molecular weight is 330 g/mol. The quantitative estimate of drug-likeness (QED) is 0.844. The van der Waals surface area contributed by atoms with Gasteiger partial charge in [-0.3, -0.25) is 9.59 Å². The molecule has 5 nitrogen and oxygen atoms in total. The normalized spacial score (nSPS) is 19.0. The SMILES string of the molecule is CC(C)Oc1ccc(NC(=O)C2(C(=O)N3CCCCC3)CC2)cc1. The molecule has 1 heterocycles. The molecule has 1 N–H and O–H groups in total. The fourth-order valence-corrected chi connectivity index (χ4v) is 3.20. The van der Waals surface area contributed by atoms with Crippen molar-refractivity contribution in [2.24, 2.45) is 5.41 Å². The predicted octanol–water partition coefficient (Wildman–Crippen LogP) is 3.21. The van der Waals surface area contributed by atoms with Crippen LogP contribution >= 0.6 is 0 Å². The number of nitrogens with one attached hydrogen (secondary N) is 1. The van der Waals surface area contributed by atoms with Gasteiger partial charge in [0.25, 0.3) is 0 Å². The van der Waals surface area contributed by atoms with Gasteiger partial charge in [-0.1, -0.05) is 0 Å². The summed E-state index contributed by atoms with van der Waals surface area (Å²) >= 11 is 0. The number of likely N-dealkylation sites (tertiary alicyclic amines) is 1. The van der Waals surface area contributed by atoms with Crippen molar-refractivity contribution < 1.29 is 14.3 Å². The first-order chi connectivity index (χ1) is 11.5. The highest BCUT2D eigenvalue weighted by Gasteiger charge is 2.58. The van der Waals surface area contributed by atoms with Crippen molar-refractivity contribution in [1.29, 1.82) is 0 Å². The number of ether oxygens (including phenoxy) is 1. The molecular weight excluding hydrogens is 304 g/mol. The highest BCUT2D eigenvalue weighted by Crippen LogP contribution is 2.48. The molecule has 130 valence electrons. The molecule has 0 atom stereocenters. The lowest BCUT2D eigenvalue weighted by atomic mass is 10.0. The summed E-state index contributed by atoms with van der Waals surface area (Å²) in [5.41, 5.74) is -0.126. The lowest BCUT2D eigenvalue weighted by Crippen LogP contribution is -2.45. The molecule has 0 unspecified atom stereocenters. The topological polar surface area (TPSA) is 58.6 Å². The zero-order valence-corrected chi connectivity index (χ0v) is 14.5. The first kappa shape index (κ1) is 16.8. The molecule has 1 saturated heterocycles. The van der Waals surface area contributed by atoms with Gasteiger partial charge in [0.05, 0.1) is 6.10 Å². The second kappa shape index (κ2) is 6.83. The lowest BCUT2D eigenvalue weighted by Gasteiger charge is -2.30. The van der Waals surface area contributed by atoms with Crippen molar-refractivity contribution >= 4 is 17.5 Å². The molecule has 1 saturated carbocycles. The molecular formula is C19H26N2O3. The van der Waals surface area contributed by atoms with E-state index in [0.29, 0.717) is 18.5 Å². The van der Waals surface area contributed by atoms with Crippen LogP contribution in [0.5, 0.6) is 5.75 Å². The van der Waals surface area contributed by atoms with Crippen molar-refractivity contribution in [2.45, 2.75) is 52.1 Å². The second-order valence-electron chi connectivity index (χ2n) is 7.08. The van der Waals surface area contributed by atoms with Crippen molar-refractivity contribution in [1.82, 2.24) is 4.90 Å². The van der Waals surface area contributed by atoms with Crippen LogP contribution in [0.1, 0.15) is 46.0 Å². The van der Waals surface area contributed by atoms with E-state index in [0.717, 1.165) is 31.7 Å². The second-order valence-corrected chi connectivity index (χ2v) is 7.08. The monoisotopic (exact) mass is 330 g/mol. The van der Waals surface area contributed by atoms with E-state index in [2.05, 4.69) is 5.32 Å². The zero-order valence-electron chi connectivity index (χ0n) is 14.5. The van der Waals surface area contributed by atoms with E-state index in [1.54, 1.807) is 0 Å². The number of rotatable bonds is 5. The van der Waals surface area contributed by atoms with Crippen molar-refractivity contribution in [3.8, 4) is 5.75 Å². The molecule has 3 rings (SSSR count). The summed E-state index contributed by atoms with van der Waals surface area (Å²) in [6, 6.07) is 7.30. The molecule has 1 aromatic rings. The van der Waals surface area contributed by atoms with E-state index >= 15 is 0 Å². The fourth-order valence-electron chi connectivity index (χ4n) is 3.20. The minimum absolute atomic E-state index is 0.0134. The van der Waals surface area contributed by atoms with E-state index in [-0.39, 0.29) is 17.9 Å². The summed E-state index contributed by atoms with van der Waals surface area (Å²) in [4.78, 5) is 27.3. The van der Waals surface area contributed by atoms with Crippen LogP contribution in [0.2, 0.25) is 0 Å². The number of nitrogens with zero attached hydrogens (tertiary/aromatic N) is 1. The van der Waals surface area contributed by atoms with Gasteiger partial charge in [-0.15, -0.1) is 0 Å². The van der Waals surface area contributed by atoms with E-state index in [1.165, 1.54) is 6.42 Å². The van der Waals surface area contributed by atoms with E-state index in [9.17, 15) is 9.59 Å². The van der Waals surface area contributed by atoms with Crippen molar-refractivity contribution in [2.75, 3.05) is 18.4 Å². The summed E-state index contributed by atoms with van der Waals surface area (Å²) in [5, 5.41) is 2.90. The molecule has 0 bridgehead atoms. The Morgan fingerprint density at radius 2 is 1.71 bits per heavy atom. The van der Waals surface area contributed by atoms with Gasteiger partial charge in [-0.2, -0.15) is 0 Å². The third kappa shape index (κ3) is 3.55. The maximum absolute atomic E-state index is 12.7. The smallest absolute Gasteiger partial charge is 0.240 e. The molecule has 0 spiro atoms. The third-order valence-electron chi connectivity index (χ3n) is 4.72. The van der Waals surface area contributed by atoms with Crippen LogP contribution < -0.4 is 10.1 Å². The summed E-state index contributed by atoms with van der Waals surface area (Å²) < 4.78 is 5.60. The molecule has 5 heteroatoms. The maximum Gasteiger partial charge on any atom is 0.240 e. The van der Waals surface area contributed by atoms with E-state index in [1.807, 2.05) is 43.0 Å². The van der Waals surface area contributed by atoms with Gasteiger partial charge in [-0.05, 0) is 70.2 Å². The van der Waals surface area contributed by atoms with E-state index in [4.69, 9.17) is 4.74 Å². The minimum Gasteiger partial charge on any atom is -0.491 e. The third-order valence-corrected chi connectivity index (χ3v) is 4.72. The van der Waals surface area contributed by atoms with Crippen molar-refractivity contribution in [3.63, 3.8) is 0 Å². The Morgan fingerprint density at radius 1 is 1.08 bits per heavy atom. The van der Waals surface area contributed by atoms with Gasteiger partial charge >= 0.3 is 0 Å². The number of carbonyl (C=O) groups is 2. The standard InChI is InChI=1S/C19H26N2O3/c1-14(2)24-16-8-6-15(7-9-16)20-17(22)19(10-11-19)18(23)21-12-4-3-5-13-21/h6-9,14H,3-5,10-13H2,1-2H3,(H,20,22). The van der Waals surface area contributed by atoms with Gasteiger partial charge in [0, 0.05) is 18.8 Å². The molecule has 1 aliphatic heterocycles. The number of anilines is 1. The first-order valence-corrected chi connectivity index (χ1v) is 8.89. The van der Waals surface area contributed by atoms with Gasteiger partial charge < -0.3 is 15.0 Å². The molecule has 2 aliphatic rings. The molecule has 2 fully saturated rings. The Kier molecular flexibility index (Phi) is 4.78. The Bertz CT molecular complexity index is 600. The fraction of sp³-hybridized carbons (Fsp3) is 0.579. The number of hydrogen-bond acceptors (Lipinski definition) is 3. The largest absolute Gasteiger partial charge is 0.491 e. The molecule has 1 aromatic carbocycles. The predicted molar refractivity (Wildman–Crippen MR) is 92.9 cm³/mol. The lowest BCUT2D eigenvalue weighted by molar-refractivity contribution is -0.143. The minimum atomic E-state index is -0.829. The maximum atomic E-state index is 12.7. The highest BCUT2D eigenvalue weighted by atomic mass is 16.5. The number of piperidine rings is 1. The highest BCUT2D eigenvalue weighted by molar-refractivity contribution is 6.13. The van der Waals surface area contributed by atoms with Crippen LogP contribution in [0.15, 0.2) is 24.3 Å². The molecule has 2 amide bonds. The molecule has 24 heavy (non-hydrogen) atoms. The van der Waals surface area contributed by atoms with Crippen LogP contribution in [0.3, 0.4) is 0 Å². The Morgan fingerprint density at radius 3 is 2.25 bits per heavy atom. The Hall–Kier alpha value is -2.04. The van der Waals surface area contributed by atoms with Crippen LogP contribution in [0, 0.1) is 5.41 Å². The zero-order chi connectivity index (χ0) is 17.2. The Balaban J connectivity index is 1.62. The van der Waals surface area contributed by atoms with Crippen LogP contribution in [0.4, 0.5) is 5.69 Å².